The Kier molecular flexibility index (Phi) is 18.7. The quantitative estimate of drug-likeness (QED) is 0.0368. The Morgan fingerprint density at radius 2 is 1.05 bits per heavy atom. The molecule has 16 heteroatoms. The molecule has 4 aromatic carbocycles. The zero-order valence-electron chi connectivity index (χ0n) is 37.7. The Balaban J connectivity index is 1.20. The molecule has 3 atom stereocenters. The second kappa shape index (κ2) is 24.3. The van der Waals surface area contributed by atoms with E-state index in [9.17, 15) is 14.4 Å². The van der Waals surface area contributed by atoms with Crippen molar-refractivity contribution in [2.45, 2.75) is 110 Å². The van der Waals surface area contributed by atoms with Crippen LogP contribution >= 0.6 is 15.2 Å². The van der Waals surface area contributed by atoms with Gasteiger partial charge in [-0.2, -0.15) is 0 Å². The number of hydrogen-bond donors (Lipinski definition) is 2. The van der Waals surface area contributed by atoms with E-state index in [2.05, 4.69) is 24.5 Å². The number of likely N-dealkylation sites (tertiary alicyclic amines) is 1. The molecule has 2 fully saturated rings. The molecule has 2 N–H and O–H groups in total. The third kappa shape index (κ3) is 15.3. The van der Waals surface area contributed by atoms with Crippen LogP contribution < -0.4 is 10.6 Å². The van der Waals surface area contributed by atoms with E-state index >= 15 is 9.13 Å². The maximum absolute atomic E-state index is 15.8. The summed E-state index contributed by atoms with van der Waals surface area (Å²) in [6, 6.07) is 36.1. The van der Waals surface area contributed by atoms with Gasteiger partial charge in [0.05, 0.1) is 26.4 Å². The normalized spacial score (nSPS) is 17.5. The van der Waals surface area contributed by atoms with Crippen LogP contribution in [0.3, 0.4) is 0 Å². The zero-order chi connectivity index (χ0) is 46.2. The molecule has 0 spiro atoms. The number of rotatable bonds is 25. The average molecular weight is 932 g/mol. The summed E-state index contributed by atoms with van der Waals surface area (Å²) in [6.45, 7) is 8.36. The van der Waals surface area contributed by atoms with Gasteiger partial charge in [0.2, 0.25) is 11.4 Å². The summed E-state index contributed by atoms with van der Waals surface area (Å²) in [6.07, 6.45) is -1.11. The van der Waals surface area contributed by atoms with Gasteiger partial charge in [-0.1, -0.05) is 149 Å². The number of carbonyl (C=O) groups is 3. The number of ether oxygens (including phenoxy) is 2. The summed E-state index contributed by atoms with van der Waals surface area (Å²) in [4.78, 5) is 41.4. The van der Waals surface area contributed by atoms with E-state index in [-0.39, 0.29) is 64.2 Å². The van der Waals surface area contributed by atoms with Crippen molar-refractivity contribution in [2.75, 3.05) is 19.6 Å². The van der Waals surface area contributed by atoms with Gasteiger partial charge >= 0.3 is 21.2 Å². The molecule has 0 aliphatic carbocycles. The molecule has 14 nitrogen and oxygen atoms in total. The lowest BCUT2D eigenvalue weighted by Gasteiger charge is -2.41. The SMILES string of the molecule is CC(C)CCNC(=O)[C@H](CC(C)C)NC(=O)[C@H]1O[C@@H]1C(=O)OC1CCN(C(P(=O)(OCc2ccccc2)OCc2ccccc2)P(=O)(OCc2ccccc2)OCc2ccccc2)CC1. The lowest BCUT2D eigenvalue weighted by atomic mass is 10.0. The molecule has 2 heterocycles. The first-order valence-electron chi connectivity index (χ1n) is 22.4. The maximum Gasteiger partial charge on any atom is 0.360 e. The average Bonchev–Trinajstić information content (AvgIpc) is 4.13. The molecule has 4 aromatic rings. The smallest absolute Gasteiger partial charge is 0.360 e. The highest BCUT2D eigenvalue weighted by molar-refractivity contribution is 7.72. The van der Waals surface area contributed by atoms with Gasteiger partial charge in [0.25, 0.3) is 5.91 Å². The molecule has 0 aromatic heterocycles. The predicted octanol–water partition coefficient (Wildman–Crippen LogP) is 8.99. The van der Waals surface area contributed by atoms with Gasteiger partial charge < -0.3 is 38.2 Å². The Morgan fingerprint density at radius 1 is 0.631 bits per heavy atom. The molecular weight excluding hydrogens is 868 g/mol. The lowest BCUT2D eigenvalue weighted by molar-refractivity contribution is -0.153. The van der Waals surface area contributed by atoms with Crippen LogP contribution in [-0.4, -0.2) is 72.2 Å². The van der Waals surface area contributed by atoms with Crippen LogP contribution in [0.25, 0.3) is 0 Å². The van der Waals surface area contributed by atoms with E-state index in [0.717, 1.165) is 28.7 Å². The highest BCUT2D eigenvalue weighted by Crippen LogP contribution is 2.72. The first-order chi connectivity index (χ1) is 31.3. The summed E-state index contributed by atoms with van der Waals surface area (Å²) in [5, 5.41) is 5.68. The second-order valence-electron chi connectivity index (χ2n) is 17.3. The van der Waals surface area contributed by atoms with Gasteiger partial charge in [0, 0.05) is 19.6 Å². The van der Waals surface area contributed by atoms with Crippen molar-refractivity contribution >= 4 is 33.0 Å². The van der Waals surface area contributed by atoms with Gasteiger partial charge in [-0.25, -0.2) is 4.79 Å². The van der Waals surface area contributed by atoms with Crippen LogP contribution in [0.2, 0.25) is 0 Å². The zero-order valence-corrected chi connectivity index (χ0v) is 39.5. The molecule has 0 bridgehead atoms. The number of benzene rings is 4. The molecule has 65 heavy (non-hydrogen) atoms. The minimum atomic E-state index is -4.49. The highest BCUT2D eigenvalue weighted by Gasteiger charge is 2.56. The summed E-state index contributed by atoms with van der Waals surface area (Å²) < 4.78 is 68.3. The third-order valence-electron chi connectivity index (χ3n) is 11.0. The Morgan fingerprint density at radius 3 is 1.43 bits per heavy atom. The van der Waals surface area contributed by atoms with Crippen molar-refractivity contribution in [2.24, 2.45) is 11.8 Å². The van der Waals surface area contributed by atoms with E-state index in [0.29, 0.717) is 18.9 Å². The van der Waals surface area contributed by atoms with Crippen molar-refractivity contribution in [3.05, 3.63) is 144 Å². The van der Waals surface area contributed by atoms with Crippen molar-refractivity contribution in [3.63, 3.8) is 0 Å². The molecule has 2 saturated heterocycles. The summed E-state index contributed by atoms with van der Waals surface area (Å²) in [7, 11) is -8.98. The van der Waals surface area contributed by atoms with Gasteiger partial charge in [0.15, 0.2) is 12.2 Å². The van der Waals surface area contributed by atoms with Gasteiger partial charge in [-0.3, -0.25) is 23.6 Å². The number of nitrogens with zero attached hydrogens (tertiary/aromatic N) is 1. The standard InChI is InChI=1S/C49H63N3O11P2/c1-36(2)25-28-50-46(53)43(31-37(3)4)51-47(54)44-45(63-44)48(55)62-42-26-29-52(30-27-42)49(64(56,58-32-38-17-9-5-10-18-38)59-33-39-19-11-6-12-20-39)65(57,60-34-40-21-13-7-14-22-40)61-35-41-23-15-8-16-24-41/h5-24,36-37,42-45,49H,25-35H2,1-4H3,(H,50,53)(H,51,54)/t43-,44-,45-/m0/s1. The molecule has 2 aliphatic heterocycles. The van der Waals surface area contributed by atoms with E-state index < -0.39 is 56.9 Å². The van der Waals surface area contributed by atoms with E-state index in [1.54, 1.807) is 4.90 Å². The van der Waals surface area contributed by atoms with Crippen LogP contribution in [0.1, 0.15) is 75.6 Å². The van der Waals surface area contributed by atoms with Crippen molar-refractivity contribution < 1.29 is 51.1 Å². The van der Waals surface area contributed by atoms with Crippen LogP contribution in [0.5, 0.6) is 0 Å². The minimum Gasteiger partial charge on any atom is -0.460 e. The summed E-state index contributed by atoms with van der Waals surface area (Å²) in [5.74, 6) is -1.00. The molecule has 350 valence electrons. The fourth-order valence-corrected chi connectivity index (χ4v) is 12.8. The summed E-state index contributed by atoms with van der Waals surface area (Å²) >= 11 is 0. The fraction of sp³-hybridized carbons (Fsp3) is 0.449. The van der Waals surface area contributed by atoms with E-state index in [4.69, 9.17) is 27.6 Å². The molecule has 2 amide bonds. The van der Waals surface area contributed by atoms with Crippen LogP contribution in [0.15, 0.2) is 121 Å². The largest absolute Gasteiger partial charge is 0.460 e. The maximum atomic E-state index is 15.8. The minimum absolute atomic E-state index is 0.119. The Hall–Kier alpha value is -4.49. The number of hydrogen-bond acceptors (Lipinski definition) is 12. The predicted molar refractivity (Wildman–Crippen MR) is 247 cm³/mol. The summed E-state index contributed by atoms with van der Waals surface area (Å²) in [5.41, 5.74) is 1.36. The number of piperidine rings is 1. The van der Waals surface area contributed by atoms with Crippen LogP contribution in [0, 0.1) is 11.8 Å². The van der Waals surface area contributed by atoms with Gasteiger partial charge in [-0.05, 0) is 59.8 Å². The topological polar surface area (TPSA) is 171 Å². The van der Waals surface area contributed by atoms with Crippen molar-refractivity contribution in [1.82, 2.24) is 15.5 Å². The van der Waals surface area contributed by atoms with E-state index in [1.165, 1.54) is 0 Å². The molecule has 0 unspecified atom stereocenters. The van der Waals surface area contributed by atoms with Crippen LogP contribution in [0.4, 0.5) is 0 Å². The molecule has 0 saturated carbocycles. The van der Waals surface area contributed by atoms with Crippen molar-refractivity contribution in [3.8, 4) is 0 Å². The highest BCUT2D eigenvalue weighted by atomic mass is 31.2. The number of epoxide rings is 1. The van der Waals surface area contributed by atoms with Crippen LogP contribution in [-0.2, 0) is 77.5 Å². The molecule has 6 rings (SSSR count). The number of carbonyl (C=O) groups excluding carboxylic acids is 3. The molecular formula is C49H63N3O11P2. The Labute approximate surface area is 383 Å². The number of nitrogens with one attached hydrogen (secondary N) is 2. The van der Waals surface area contributed by atoms with Crippen molar-refractivity contribution in [1.29, 1.82) is 0 Å². The van der Waals surface area contributed by atoms with Gasteiger partial charge in [0.1, 0.15) is 12.1 Å². The third-order valence-corrected chi connectivity index (χ3v) is 16.4. The van der Waals surface area contributed by atoms with Gasteiger partial charge in [-0.15, -0.1) is 0 Å². The fourth-order valence-electron chi connectivity index (χ4n) is 7.38. The first kappa shape index (κ1) is 49.9. The lowest BCUT2D eigenvalue weighted by Crippen LogP contribution is -2.49. The Bertz CT molecular complexity index is 1990. The second-order valence-corrected chi connectivity index (χ2v) is 21.9. The number of amides is 2. The number of esters is 1. The molecule has 2 aliphatic rings. The van der Waals surface area contributed by atoms with E-state index in [1.807, 2.05) is 135 Å². The molecule has 0 radical (unpaired) electrons. The monoisotopic (exact) mass is 931 g/mol. The first-order valence-corrected chi connectivity index (χ1v) is 25.7.